The Morgan fingerprint density at radius 2 is 1.93 bits per heavy atom. The molecule has 0 saturated carbocycles. The van der Waals surface area contributed by atoms with E-state index >= 15 is 0 Å². The van der Waals surface area contributed by atoms with Crippen LogP contribution >= 0.6 is 22.7 Å². The van der Waals surface area contributed by atoms with E-state index in [9.17, 15) is 4.79 Å². The Hall–Kier alpha value is -2.58. The molecule has 8 heteroatoms. The van der Waals surface area contributed by atoms with Gasteiger partial charge in [-0.2, -0.15) is 4.98 Å². The lowest BCUT2D eigenvalue weighted by atomic mass is 9.97. The van der Waals surface area contributed by atoms with Crippen LogP contribution in [0.1, 0.15) is 42.2 Å². The minimum absolute atomic E-state index is 0.158. The van der Waals surface area contributed by atoms with Crippen molar-refractivity contribution in [2.75, 3.05) is 0 Å². The van der Waals surface area contributed by atoms with Gasteiger partial charge in [0.1, 0.15) is 5.01 Å². The summed E-state index contributed by atoms with van der Waals surface area (Å²) in [4.78, 5) is 23.0. The van der Waals surface area contributed by atoms with Gasteiger partial charge in [-0.3, -0.25) is 4.79 Å². The van der Waals surface area contributed by atoms with Crippen LogP contribution in [0.3, 0.4) is 0 Å². The van der Waals surface area contributed by atoms with Crippen LogP contribution in [0.15, 0.2) is 40.9 Å². The third-order valence-corrected chi connectivity index (χ3v) is 6.14. The molecule has 0 unspecified atom stereocenters. The molecule has 1 aromatic carbocycles. The highest BCUT2D eigenvalue weighted by Crippen LogP contribution is 2.34. The van der Waals surface area contributed by atoms with Crippen LogP contribution in [0.5, 0.6) is 0 Å². The fraction of sp³-hybridized carbons (Fsp3) is 0.263. The third-order valence-electron chi connectivity index (χ3n) is 3.85. The lowest BCUT2D eigenvalue weighted by Gasteiger charge is -2.10. The summed E-state index contributed by atoms with van der Waals surface area (Å²) >= 11 is 3.05. The van der Waals surface area contributed by atoms with Gasteiger partial charge in [0, 0.05) is 5.41 Å². The van der Waals surface area contributed by atoms with Crippen molar-refractivity contribution >= 4 is 38.8 Å². The number of aromatic nitrogens is 3. The average molecular weight is 399 g/mol. The quantitative estimate of drug-likeness (QED) is 0.542. The molecule has 0 aliphatic carbocycles. The maximum Gasteiger partial charge on any atom is 0.261 e. The summed E-state index contributed by atoms with van der Waals surface area (Å²) in [5.74, 6) is 0.867. The number of hydrogen-bond donors (Lipinski definition) is 1. The molecule has 0 atom stereocenters. The lowest BCUT2D eigenvalue weighted by molar-refractivity contribution is 0.0953. The van der Waals surface area contributed by atoms with E-state index in [2.05, 4.69) is 26.5 Å². The Bertz CT molecular complexity index is 1070. The van der Waals surface area contributed by atoms with Gasteiger partial charge >= 0.3 is 0 Å². The number of nitrogens with zero attached hydrogens (tertiary/aromatic N) is 3. The van der Waals surface area contributed by atoms with Crippen LogP contribution in [0.25, 0.3) is 20.1 Å². The van der Waals surface area contributed by atoms with Crippen molar-refractivity contribution in [2.24, 2.45) is 0 Å². The molecule has 27 heavy (non-hydrogen) atoms. The molecule has 138 valence electrons. The highest BCUT2D eigenvalue weighted by atomic mass is 32.1. The number of amides is 1. The predicted molar refractivity (Wildman–Crippen MR) is 107 cm³/mol. The second-order valence-electron chi connectivity index (χ2n) is 7.10. The van der Waals surface area contributed by atoms with E-state index < -0.39 is 0 Å². The summed E-state index contributed by atoms with van der Waals surface area (Å²) in [6.07, 6.45) is 0. The Kier molecular flexibility index (Phi) is 4.53. The summed E-state index contributed by atoms with van der Waals surface area (Å²) in [6.45, 7) is 6.22. The molecule has 3 aromatic heterocycles. The summed E-state index contributed by atoms with van der Waals surface area (Å²) in [5, 5.41) is 7.68. The minimum atomic E-state index is -0.213. The minimum Gasteiger partial charge on any atom is -0.344 e. The Labute approximate surface area is 164 Å². The lowest BCUT2D eigenvalue weighted by Crippen LogP contribution is -2.22. The van der Waals surface area contributed by atoms with Gasteiger partial charge in [0.2, 0.25) is 5.89 Å². The van der Waals surface area contributed by atoms with Crippen LogP contribution in [-0.2, 0) is 12.0 Å². The molecule has 4 aromatic rings. The number of carbonyl (C=O) groups is 1. The molecule has 0 aliphatic rings. The van der Waals surface area contributed by atoms with E-state index in [0.717, 1.165) is 20.1 Å². The highest BCUT2D eigenvalue weighted by Gasteiger charge is 2.22. The number of nitrogens with one attached hydrogen (secondary N) is 1. The van der Waals surface area contributed by atoms with Gasteiger partial charge in [-0.15, -0.1) is 22.7 Å². The standard InChI is InChI=1S/C19H18N4O2S2/c1-19(2,3)18-22-15(23-25-18)10-20-16(24)13-8-9-14(26-13)17-21-11-6-4-5-7-12(11)27-17/h4-9H,10H2,1-3H3,(H,20,24). The van der Waals surface area contributed by atoms with E-state index in [0.29, 0.717) is 16.6 Å². The van der Waals surface area contributed by atoms with Crippen LogP contribution in [0.2, 0.25) is 0 Å². The highest BCUT2D eigenvalue weighted by molar-refractivity contribution is 7.26. The van der Waals surface area contributed by atoms with Crippen molar-refractivity contribution in [3.63, 3.8) is 0 Å². The van der Waals surface area contributed by atoms with Crippen molar-refractivity contribution in [1.82, 2.24) is 20.4 Å². The Balaban J connectivity index is 1.45. The smallest absolute Gasteiger partial charge is 0.261 e. The maximum atomic E-state index is 12.4. The van der Waals surface area contributed by atoms with Crippen molar-refractivity contribution < 1.29 is 9.32 Å². The SMILES string of the molecule is CC(C)(C)c1nc(CNC(=O)c2ccc(-c3nc4ccccc4s3)s2)no1. The van der Waals surface area contributed by atoms with Gasteiger partial charge in [0.15, 0.2) is 5.82 Å². The van der Waals surface area contributed by atoms with E-state index in [1.165, 1.54) is 11.3 Å². The number of thiophene rings is 1. The number of benzene rings is 1. The molecule has 4 rings (SSSR count). The zero-order valence-electron chi connectivity index (χ0n) is 15.1. The van der Waals surface area contributed by atoms with Crippen LogP contribution in [0.4, 0.5) is 0 Å². The maximum absolute atomic E-state index is 12.4. The molecule has 0 bridgehead atoms. The van der Waals surface area contributed by atoms with Gasteiger partial charge in [0.05, 0.1) is 26.5 Å². The van der Waals surface area contributed by atoms with E-state index in [1.807, 2.05) is 51.1 Å². The monoisotopic (exact) mass is 398 g/mol. The summed E-state index contributed by atoms with van der Waals surface area (Å²) < 4.78 is 6.38. The molecule has 6 nitrogen and oxygen atoms in total. The zero-order chi connectivity index (χ0) is 19.0. The number of para-hydroxylation sites is 1. The second kappa shape index (κ2) is 6.86. The zero-order valence-corrected chi connectivity index (χ0v) is 16.8. The largest absolute Gasteiger partial charge is 0.344 e. The molecule has 0 fully saturated rings. The van der Waals surface area contributed by atoms with Gasteiger partial charge in [-0.1, -0.05) is 38.1 Å². The first-order valence-corrected chi connectivity index (χ1v) is 10.1. The molecule has 1 N–H and O–H groups in total. The number of carbonyl (C=O) groups excluding carboxylic acids is 1. The summed E-state index contributed by atoms with van der Waals surface area (Å²) in [5.41, 5.74) is 0.762. The van der Waals surface area contributed by atoms with E-state index in [1.54, 1.807) is 11.3 Å². The van der Waals surface area contributed by atoms with E-state index in [-0.39, 0.29) is 17.9 Å². The van der Waals surface area contributed by atoms with Crippen molar-refractivity contribution in [2.45, 2.75) is 32.7 Å². The number of fused-ring (bicyclic) bond motifs is 1. The van der Waals surface area contributed by atoms with Crippen LogP contribution < -0.4 is 5.32 Å². The van der Waals surface area contributed by atoms with E-state index in [4.69, 9.17) is 4.52 Å². The predicted octanol–water partition coefficient (Wildman–Crippen LogP) is 4.64. The summed E-state index contributed by atoms with van der Waals surface area (Å²) in [6, 6.07) is 11.8. The van der Waals surface area contributed by atoms with Crippen LogP contribution in [0, 0.1) is 0 Å². The molecule has 1 amide bonds. The van der Waals surface area contributed by atoms with Gasteiger partial charge in [-0.05, 0) is 24.3 Å². The second-order valence-corrected chi connectivity index (χ2v) is 9.21. The van der Waals surface area contributed by atoms with Crippen molar-refractivity contribution in [3.8, 4) is 9.88 Å². The normalized spacial score (nSPS) is 11.8. The Morgan fingerprint density at radius 1 is 1.11 bits per heavy atom. The van der Waals surface area contributed by atoms with Crippen molar-refractivity contribution in [3.05, 3.63) is 53.0 Å². The number of thiazole rings is 1. The fourth-order valence-electron chi connectivity index (χ4n) is 2.43. The molecule has 3 heterocycles. The molecule has 0 radical (unpaired) electrons. The third kappa shape index (κ3) is 3.77. The first-order chi connectivity index (χ1) is 12.9. The molecule has 0 saturated heterocycles. The summed E-state index contributed by atoms with van der Waals surface area (Å²) in [7, 11) is 0. The average Bonchev–Trinajstić information content (AvgIpc) is 3.37. The fourth-order valence-corrected chi connectivity index (χ4v) is 4.37. The topological polar surface area (TPSA) is 80.9 Å². The molecule has 0 aliphatic heterocycles. The van der Waals surface area contributed by atoms with Crippen molar-refractivity contribution in [1.29, 1.82) is 0 Å². The van der Waals surface area contributed by atoms with Gasteiger partial charge in [-0.25, -0.2) is 4.98 Å². The van der Waals surface area contributed by atoms with Gasteiger partial charge in [0.25, 0.3) is 5.91 Å². The van der Waals surface area contributed by atoms with Gasteiger partial charge < -0.3 is 9.84 Å². The Morgan fingerprint density at radius 3 is 2.67 bits per heavy atom. The van der Waals surface area contributed by atoms with Crippen LogP contribution in [-0.4, -0.2) is 21.0 Å². The molecular formula is C19H18N4O2S2. The molecular weight excluding hydrogens is 380 g/mol. The first kappa shape index (κ1) is 17.8. The molecule has 0 spiro atoms. The first-order valence-electron chi connectivity index (χ1n) is 8.47. The number of hydrogen-bond acceptors (Lipinski definition) is 7. The number of rotatable bonds is 4.